The fraction of sp³-hybridized carbons (Fsp3) is 0.308. The molecule has 0 spiro atoms. The van der Waals surface area contributed by atoms with Gasteiger partial charge in [0.05, 0.1) is 24.4 Å². The van der Waals surface area contributed by atoms with Crippen LogP contribution in [0, 0.1) is 10.1 Å². The molecule has 22 heavy (non-hydrogen) atoms. The third kappa shape index (κ3) is 3.57. The molecular formula is C13H15N5O4. The van der Waals surface area contributed by atoms with Crippen molar-refractivity contribution in [2.75, 3.05) is 13.2 Å². The van der Waals surface area contributed by atoms with Crippen LogP contribution in [0.5, 0.6) is 11.5 Å². The first kappa shape index (κ1) is 15.4. The van der Waals surface area contributed by atoms with Crippen LogP contribution in [0.25, 0.3) is 0 Å². The van der Waals surface area contributed by atoms with Gasteiger partial charge in [-0.3, -0.25) is 10.1 Å². The van der Waals surface area contributed by atoms with Crippen LogP contribution < -0.4 is 9.47 Å². The molecule has 1 aromatic carbocycles. The van der Waals surface area contributed by atoms with Crippen molar-refractivity contribution in [2.45, 2.75) is 13.8 Å². The van der Waals surface area contributed by atoms with E-state index in [1.165, 1.54) is 29.6 Å². The van der Waals surface area contributed by atoms with Crippen molar-refractivity contribution in [3.63, 3.8) is 0 Å². The highest BCUT2D eigenvalue weighted by Crippen LogP contribution is 2.38. The molecule has 2 rings (SSSR count). The summed E-state index contributed by atoms with van der Waals surface area (Å²) >= 11 is 0. The fourth-order valence-corrected chi connectivity index (χ4v) is 1.76. The molecule has 0 aliphatic rings. The van der Waals surface area contributed by atoms with Gasteiger partial charge in [-0.2, -0.15) is 5.10 Å². The van der Waals surface area contributed by atoms with Crippen LogP contribution in [0.3, 0.4) is 0 Å². The maximum Gasteiger partial charge on any atom is 0.315 e. The van der Waals surface area contributed by atoms with E-state index < -0.39 is 4.92 Å². The van der Waals surface area contributed by atoms with Crippen LogP contribution >= 0.6 is 0 Å². The Bertz CT molecular complexity index is 669. The number of aromatic nitrogens is 3. The molecule has 0 N–H and O–H groups in total. The molecule has 1 heterocycles. The summed E-state index contributed by atoms with van der Waals surface area (Å²) in [5.41, 5.74) is 0.338. The quantitative estimate of drug-likeness (QED) is 0.439. The van der Waals surface area contributed by atoms with Crippen LogP contribution in [0.1, 0.15) is 19.4 Å². The summed E-state index contributed by atoms with van der Waals surface area (Å²) in [6.45, 7) is 4.21. The molecule has 2 aromatic rings. The van der Waals surface area contributed by atoms with Gasteiger partial charge in [-0.1, -0.05) is 0 Å². The first-order chi connectivity index (χ1) is 10.7. The van der Waals surface area contributed by atoms with Gasteiger partial charge in [0, 0.05) is 11.6 Å². The smallest absolute Gasteiger partial charge is 0.315 e. The molecule has 0 saturated carbocycles. The normalized spacial score (nSPS) is 10.8. The minimum atomic E-state index is -0.510. The number of nitro groups is 1. The molecule has 0 unspecified atom stereocenters. The summed E-state index contributed by atoms with van der Waals surface area (Å²) < 4.78 is 12.2. The van der Waals surface area contributed by atoms with Crippen molar-refractivity contribution in [3.05, 3.63) is 40.5 Å². The lowest BCUT2D eigenvalue weighted by atomic mass is 10.2. The average molecular weight is 305 g/mol. The van der Waals surface area contributed by atoms with E-state index >= 15 is 0 Å². The lowest BCUT2D eigenvalue weighted by Gasteiger charge is -2.11. The Kier molecular flexibility index (Phi) is 5.02. The fourth-order valence-electron chi connectivity index (χ4n) is 1.76. The Balaban J connectivity index is 2.44. The number of benzene rings is 1. The summed E-state index contributed by atoms with van der Waals surface area (Å²) in [5.74, 6) is 0.430. The van der Waals surface area contributed by atoms with Crippen molar-refractivity contribution < 1.29 is 14.4 Å². The summed E-state index contributed by atoms with van der Waals surface area (Å²) in [5, 5.41) is 22.5. The van der Waals surface area contributed by atoms with Gasteiger partial charge in [-0.25, -0.2) is 4.68 Å². The second-order valence-corrected chi connectivity index (χ2v) is 4.08. The molecule has 0 radical (unpaired) electrons. The van der Waals surface area contributed by atoms with Crippen molar-refractivity contribution >= 4 is 11.9 Å². The number of hydrogen-bond donors (Lipinski definition) is 0. The van der Waals surface area contributed by atoms with Crippen molar-refractivity contribution in [1.82, 2.24) is 14.9 Å². The molecule has 116 valence electrons. The molecule has 1 aromatic heterocycles. The second-order valence-electron chi connectivity index (χ2n) is 4.08. The first-order valence-electron chi connectivity index (χ1n) is 6.62. The maximum atomic E-state index is 11.2. The second kappa shape index (κ2) is 7.16. The molecule has 9 heteroatoms. The predicted octanol–water partition coefficient (Wildman–Crippen LogP) is 1.87. The number of ether oxygens (including phenoxy) is 2. The third-order valence-corrected chi connectivity index (χ3v) is 2.59. The van der Waals surface area contributed by atoms with Gasteiger partial charge >= 0.3 is 5.69 Å². The Labute approximate surface area is 126 Å². The van der Waals surface area contributed by atoms with Gasteiger partial charge in [-0.05, 0) is 19.9 Å². The molecule has 0 saturated heterocycles. The Hall–Kier alpha value is -2.97. The highest BCUT2D eigenvalue weighted by Gasteiger charge is 2.22. The summed E-state index contributed by atoms with van der Waals surface area (Å²) in [4.78, 5) is 10.7. The number of nitrogens with zero attached hydrogens (tertiary/aromatic N) is 5. The van der Waals surface area contributed by atoms with E-state index in [-0.39, 0.29) is 11.4 Å². The van der Waals surface area contributed by atoms with E-state index in [4.69, 9.17) is 9.47 Å². The topological polar surface area (TPSA) is 105 Å². The number of rotatable bonds is 7. The van der Waals surface area contributed by atoms with Crippen LogP contribution in [-0.4, -0.2) is 39.2 Å². The third-order valence-electron chi connectivity index (χ3n) is 2.59. The standard InChI is InChI=1S/C13H15N5O4/c1-3-21-12-6-10(7-16-17-8-14-15-9-17)5-11(18(19)20)13(12)22-4-2/h5-9H,3-4H2,1-2H3/b16-7-. The summed E-state index contributed by atoms with van der Waals surface area (Å²) in [6.07, 6.45) is 4.26. The average Bonchev–Trinajstić information content (AvgIpc) is 3.00. The zero-order valence-electron chi connectivity index (χ0n) is 12.2. The van der Waals surface area contributed by atoms with Crippen molar-refractivity contribution in [3.8, 4) is 11.5 Å². The molecule has 0 aliphatic carbocycles. The zero-order chi connectivity index (χ0) is 15.9. The monoisotopic (exact) mass is 305 g/mol. The van der Waals surface area contributed by atoms with E-state index in [0.717, 1.165) is 0 Å². The maximum absolute atomic E-state index is 11.2. The molecular weight excluding hydrogens is 290 g/mol. The first-order valence-corrected chi connectivity index (χ1v) is 6.62. The van der Waals surface area contributed by atoms with E-state index in [1.54, 1.807) is 19.9 Å². The van der Waals surface area contributed by atoms with Crippen molar-refractivity contribution in [1.29, 1.82) is 0 Å². The summed E-state index contributed by atoms with van der Waals surface area (Å²) in [7, 11) is 0. The lowest BCUT2D eigenvalue weighted by Crippen LogP contribution is -2.03. The number of hydrogen-bond acceptors (Lipinski definition) is 7. The predicted molar refractivity (Wildman–Crippen MR) is 78.4 cm³/mol. The minimum absolute atomic E-state index is 0.121. The zero-order valence-corrected chi connectivity index (χ0v) is 12.2. The molecule has 0 amide bonds. The van der Waals surface area contributed by atoms with Gasteiger partial charge in [0.15, 0.2) is 5.75 Å². The Morgan fingerprint density at radius 2 is 1.95 bits per heavy atom. The molecule has 0 bridgehead atoms. The van der Waals surface area contributed by atoms with Crippen molar-refractivity contribution in [2.24, 2.45) is 5.10 Å². The van der Waals surface area contributed by atoms with E-state index in [9.17, 15) is 10.1 Å². The van der Waals surface area contributed by atoms with Gasteiger partial charge in [-0.15, -0.1) is 10.2 Å². The summed E-state index contributed by atoms with van der Waals surface area (Å²) in [6, 6.07) is 3.01. The molecule has 0 atom stereocenters. The van der Waals surface area contributed by atoms with Gasteiger partial charge in [0.2, 0.25) is 5.75 Å². The van der Waals surface area contributed by atoms with Gasteiger partial charge in [0.25, 0.3) is 0 Å². The van der Waals surface area contributed by atoms with E-state index in [2.05, 4.69) is 15.3 Å². The highest BCUT2D eigenvalue weighted by atomic mass is 16.6. The largest absolute Gasteiger partial charge is 0.490 e. The van der Waals surface area contributed by atoms with E-state index in [1.807, 2.05) is 0 Å². The highest BCUT2D eigenvalue weighted by molar-refractivity contribution is 5.83. The van der Waals surface area contributed by atoms with Crippen LogP contribution in [0.2, 0.25) is 0 Å². The molecule has 9 nitrogen and oxygen atoms in total. The Morgan fingerprint density at radius 3 is 2.55 bits per heavy atom. The van der Waals surface area contributed by atoms with Crippen LogP contribution in [-0.2, 0) is 0 Å². The minimum Gasteiger partial charge on any atom is -0.490 e. The number of nitro benzene ring substituents is 1. The SMILES string of the molecule is CCOc1cc(/C=N\n2cnnc2)cc([N+](=O)[O-])c1OCC. The lowest BCUT2D eigenvalue weighted by molar-refractivity contribution is -0.385. The molecule has 0 fully saturated rings. The van der Waals surface area contributed by atoms with Gasteiger partial charge in [0.1, 0.15) is 12.7 Å². The van der Waals surface area contributed by atoms with Crippen LogP contribution in [0.15, 0.2) is 29.9 Å². The molecule has 0 aliphatic heterocycles. The Morgan fingerprint density at radius 1 is 1.27 bits per heavy atom. The van der Waals surface area contributed by atoms with Gasteiger partial charge < -0.3 is 9.47 Å². The van der Waals surface area contributed by atoms with E-state index in [0.29, 0.717) is 24.5 Å². The van der Waals surface area contributed by atoms with Crippen LogP contribution in [0.4, 0.5) is 5.69 Å².